The number of aliphatic carboxylic acids is 1. The minimum Gasteiger partial charge on any atom is -0.480 e. The molecule has 0 aliphatic carbocycles. The average molecular weight is 262 g/mol. The predicted molar refractivity (Wildman–Crippen MR) is 69.2 cm³/mol. The number of hydrogen-bond donors (Lipinski definition) is 1. The molecule has 0 saturated heterocycles. The van der Waals surface area contributed by atoms with E-state index in [0.29, 0.717) is 12.8 Å². The standard InChI is InChI=1S/C12H22O4S/c1-6-7-12(9(13)14,10(15)16-5)8-17-11(2,3)4/h6-8H2,1-5H3,(H,13,14). The van der Waals surface area contributed by atoms with Crippen LogP contribution in [0.1, 0.15) is 40.5 Å². The Morgan fingerprint density at radius 1 is 1.29 bits per heavy atom. The fourth-order valence-electron chi connectivity index (χ4n) is 1.45. The molecule has 1 atom stereocenters. The maximum Gasteiger partial charge on any atom is 0.324 e. The summed E-state index contributed by atoms with van der Waals surface area (Å²) in [5.74, 6) is -1.50. The molecule has 100 valence electrons. The minimum absolute atomic E-state index is 0.0809. The predicted octanol–water partition coefficient (Wildman–Crippen LogP) is 2.56. The first-order chi connectivity index (χ1) is 7.69. The van der Waals surface area contributed by atoms with Crippen LogP contribution in [0.5, 0.6) is 0 Å². The second-order valence-electron chi connectivity index (χ2n) is 5.03. The quantitative estimate of drug-likeness (QED) is 0.588. The Hall–Kier alpha value is -0.710. The first-order valence-corrected chi connectivity index (χ1v) is 6.64. The first-order valence-electron chi connectivity index (χ1n) is 5.65. The molecule has 4 nitrogen and oxygen atoms in total. The number of methoxy groups -OCH3 is 1. The molecular formula is C12H22O4S. The smallest absolute Gasteiger partial charge is 0.324 e. The third-order valence-electron chi connectivity index (χ3n) is 2.41. The van der Waals surface area contributed by atoms with Crippen LogP contribution in [0.25, 0.3) is 0 Å². The van der Waals surface area contributed by atoms with Crippen molar-refractivity contribution >= 4 is 23.7 Å². The van der Waals surface area contributed by atoms with E-state index >= 15 is 0 Å². The zero-order valence-corrected chi connectivity index (χ0v) is 12.0. The summed E-state index contributed by atoms with van der Waals surface area (Å²) in [6, 6.07) is 0. The van der Waals surface area contributed by atoms with Crippen LogP contribution in [0, 0.1) is 5.41 Å². The molecular weight excluding hydrogens is 240 g/mol. The number of carbonyl (C=O) groups excluding carboxylic acids is 1. The Kier molecular flexibility index (Phi) is 6.02. The van der Waals surface area contributed by atoms with Gasteiger partial charge < -0.3 is 9.84 Å². The summed E-state index contributed by atoms with van der Waals surface area (Å²) in [7, 11) is 1.23. The van der Waals surface area contributed by atoms with Crippen molar-refractivity contribution in [3.63, 3.8) is 0 Å². The average Bonchev–Trinajstić information content (AvgIpc) is 2.21. The Morgan fingerprint density at radius 3 is 2.12 bits per heavy atom. The highest BCUT2D eigenvalue weighted by atomic mass is 32.2. The molecule has 0 aliphatic rings. The van der Waals surface area contributed by atoms with Gasteiger partial charge in [-0.2, -0.15) is 11.8 Å². The highest BCUT2D eigenvalue weighted by Gasteiger charge is 2.47. The van der Waals surface area contributed by atoms with Crippen LogP contribution in [-0.4, -0.2) is 34.7 Å². The van der Waals surface area contributed by atoms with Crippen molar-refractivity contribution in [1.29, 1.82) is 0 Å². The lowest BCUT2D eigenvalue weighted by molar-refractivity contribution is -0.165. The van der Waals surface area contributed by atoms with Gasteiger partial charge in [0, 0.05) is 10.5 Å². The molecule has 0 bridgehead atoms. The Bertz CT molecular complexity index is 283. The van der Waals surface area contributed by atoms with Crippen LogP contribution in [0.2, 0.25) is 0 Å². The number of hydrogen-bond acceptors (Lipinski definition) is 4. The highest BCUT2D eigenvalue weighted by Crippen LogP contribution is 2.35. The summed E-state index contributed by atoms with van der Waals surface area (Å²) in [6.07, 6.45) is 0.935. The normalized spacial score (nSPS) is 15.1. The van der Waals surface area contributed by atoms with Gasteiger partial charge in [0.25, 0.3) is 0 Å². The lowest BCUT2D eigenvalue weighted by atomic mass is 9.85. The van der Waals surface area contributed by atoms with Crippen LogP contribution >= 0.6 is 11.8 Å². The van der Waals surface area contributed by atoms with Crippen molar-refractivity contribution in [1.82, 2.24) is 0 Å². The van der Waals surface area contributed by atoms with Crippen molar-refractivity contribution in [2.24, 2.45) is 5.41 Å². The lowest BCUT2D eigenvalue weighted by Gasteiger charge is -2.29. The SMILES string of the molecule is CCCC(CSC(C)(C)C)(C(=O)O)C(=O)OC. The third kappa shape index (κ3) is 4.58. The van der Waals surface area contributed by atoms with Gasteiger partial charge in [0.2, 0.25) is 0 Å². The molecule has 17 heavy (non-hydrogen) atoms. The van der Waals surface area contributed by atoms with Crippen LogP contribution in [0.4, 0.5) is 0 Å². The molecule has 0 spiro atoms. The van der Waals surface area contributed by atoms with E-state index in [-0.39, 0.29) is 10.5 Å². The monoisotopic (exact) mass is 262 g/mol. The summed E-state index contributed by atoms with van der Waals surface area (Å²) in [6.45, 7) is 7.84. The minimum atomic E-state index is -1.42. The van der Waals surface area contributed by atoms with E-state index in [9.17, 15) is 14.7 Å². The fourth-order valence-corrected chi connectivity index (χ4v) is 2.52. The largest absolute Gasteiger partial charge is 0.480 e. The molecule has 1 N–H and O–H groups in total. The van der Waals surface area contributed by atoms with E-state index in [1.165, 1.54) is 18.9 Å². The molecule has 1 unspecified atom stereocenters. The number of carboxylic acid groups (broad SMARTS) is 1. The molecule has 0 aromatic carbocycles. The first kappa shape index (κ1) is 16.3. The maximum absolute atomic E-state index is 11.8. The van der Waals surface area contributed by atoms with E-state index in [2.05, 4.69) is 4.74 Å². The number of carboxylic acids is 1. The number of carbonyl (C=O) groups is 2. The summed E-state index contributed by atoms with van der Waals surface area (Å²) >= 11 is 1.47. The van der Waals surface area contributed by atoms with Gasteiger partial charge in [-0.15, -0.1) is 0 Å². The molecule has 0 saturated carbocycles. The van der Waals surface area contributed by atoms with Crippen molar-refractivity contribution in [3.8, 4) is 0 Å². The van der Waals surface area contributed by atoms with E-state index in [4.69, 9.17) is 0 Å². The molecule has 0 heterocycles. The van der Waals surface area contributed by atoms with Crippen LogP contribution < -0.4 is 0 Å². The number of ether oxygens (including phenoxy) is 1. The Morgan fingerprint density at radius 2 is 1.82 bits per heavy atom. The molecule has 0 fully saturated rings. The van der Waals surface area contributed by atoms with Crippen LogP contribution in [0.3, 0.4) is 0 Å². The molecule has 0 aromatic heterocycles. The van der Waals surface area contributed by atoms with E-state index in [1.54, 1.807) is 0 Å². The Labute approximate surface area is 107 Å². The molecule has 0 aliphatic heterocycles. The molecule has 0 amide bonds. The third-order valence-corrected chi connectivity index (χ3v) is 3.92. The van der Waals surface area contributed by atoms with Crippen LogP contribution in [0.15, 0.2) is 0 Å². The van der Waals surface area contributed by atoms with Crippen LogP contribution in [-0.2, 0) is 14.3 Å². The maximum atomic E-state index is 11.8. The summed E-state index contributed by atoms with van der Waals surface area (Å²) in [5, 5.41) is 9.34. The van der Waals surface area contributed by atoms with Gasteiger partial charge in [-0.25, -0.2) is 0 Å². The van der Waals surface area contributed by atoms with Gasteiger partial charge in [-0.1, -0.05) is 34.1 Å². The zero-order valence-electron chi connectivity index (χ0n) is 11.2. The van der Waals surface area contributed by atoms with Gasteiger partial charge in [0.15, 0.2) is 5.41 Å². The van der Waals surface area contributed by atoms with E-state index < -0.39 is 17.4 Å². The summed E-state index contributed by atoms with van der Waals surface area (Å²) in [4.78, 5) is 23.2. The van der Waals surface area contributed by atoms with Crippen molar-refractivity contribution in [2.45, 2.75) is 45.3 Å². The zero-order chi connectivity index (χ0) is 13.7. The van der Waals surface area contributed by atoms with Crippen molar-refractivity contribution in [2.75, 3.05) is 12.9 Å². The van der Waals surface area contributed by atoms with Gasteiger partial charge in [0.1, 0.15) is 0 Å². The molecule has 0 radical (unpaired) electrons. The summed E-state index contributed by atoms with van der Waals surface area (Å²) in [5.41, 5.74) is -1.42. The topological polar surface area (TPSA) is 63.6 Å². The van der Waals surface area contributed by atoms with Crippen molar-refractivity contribution < 1.29 is 19.4 Å². The summed E-state index contributed by atoms with van der Waals surface area (Å²) < 4.78 is 4.58. The van der Waals surface area contributed by atoms with Crippen molar-refractivity contribution in [3.05, 3.63) is 0 Å². The number of esters is 1. The fraction of sp³-hybridized carbons (Fsp3) is 0.833. The van der Waals surface area contributed by atoms with E-state index in [0.717, 1.165) is 0 Å². The molecule has 5 heteroatoms. The second-order valence-corrected chi connectivity index (χ2v) is 6.83. The van der Waals surface area contributed by atoms with Gasteiger partial charge in [-0.3, -0.25) is 9.59 Å². The van der Waals surface area contributed by atoms with Gasteiger partial charge in [0.05, 0.1) is 7.11 Å². The Balaban J connectivity index is 5.05. The molecule has 0 aromatic rings. The highest BCUT2D eigenvalue weighted by molar-refractivity contribution is 8.00. The number of thioether (sulfide) groups is 1. The number of rotatable bonds is 6. The van der Waals surface area contributed by atoms with Gasteiger partial charge in [-0.05, 0) is 6.42 Å². The molecule has 0 rings (SSSR count). The second kappa shape index (κ2) is 6.28. The lowest BCUT2D eigenvalue weighted by Crippen LogP contribution is -2.43. The van der Waals surface area contributed by atoms with E-state index in [1.807, 2.05) is 27.7 Å². The van der Waals surface area contributed by atoms with Gasteiger partial charge >= 0.3 is 11.9 Å².